The quantitative estimate of drug-likeness (QED) is 0.777. The van der Waals surface area contributed by atoms with Crippen LogP contribution in [0.1, 0.15) is 4.88 Å². The van der Waals surface area contributed by atoms with E-state index in [9.17, 15) is 8.42 Å². The van der Waals surface area contributed by atoms with Gasteiger partial charge >= 0.3 is 0 Å². The lowest BCUT2D eigenvalue weighted by molar-refractivity contribution is 0.588. The summed E-state index contributed by atoms with van der Waals surface area (Å²) in [6.07, 6.45) is 1.51. The third-order valence-corrected chi connectivity index (χ3v) is 4.31. The minimum absolute atomic E-state index is 0.263. The molecule has 1 N–H and O–H groups in total. The molecule has 0 aliphatic heterocycles. The zero-order valence-electron chi connectivity index (χ0n) is 7.28. The lowest BCUT2D eigenvalue weighted by Gasteiger charge is -1.99. The Labute approximate surface area is 82.2 Å². The average Bonchev–Trinajstić information content (AvgIpc) is 2.49. The maximum absolute atomic E-state index is 11.5. The Morgan fingerprint density at radius 3 is 2.77 bits per heavy atom. The Hall–Kier alpha value is -0.650. The molecule has 0 fully saturated rings. The van der Waals surface area contributed by atoms with Gasteiger partial charge in [-0.15, -0.1) is 17.9 Å². The summed E-state index contributed by atoms with van der Waals surface area (Å²) in [6, 6.07) is 3.39. The Balaban J connectivity index is 2.87. The molecule has 0 bridgehead atoms. The topological polar surface area (TPSA) is 46.2 Å². The van der Waals surface area contributed by atoms with Gasteiger partial charge in [0.15, 0.2) is 0 Å². The molecule has 1 heterocycles. The molecule has 1 rings (SSSR count). The maximum Gasteiger partial charge on any atom is 0.250 e. The predicted octanol–water partition coefficient (Wildman–Crippen LogP) is 1.52. The molecular formula is C8H11NO2S2. The molecule has 0 saturated carbocycles. The number of aryl methyl sites for hydroxylation is 1. The minimum atomic E-state index is -3.30. The lowest BCUT2D eigenvalue weighted by Crippen LogP contribution is -2.22. The summed E-state index contributed by atoms with van der Waals surface area (Å²) in [4.78, 5) is 0.985. The molecule has 1 aromatic heterocycles. The van der Waals surface area contributed by atoms with E-state index in [2.05, 4.69) is 11.3 Å². The highest BCUT2D eigenvalue weighted by Crippen LogP contribution is 2.19. The Kier molecular flexibility index (Phi) is 3.24. The predicted molar refractivity (Wildman–Crippen MR) is 54.4 cm³/mol. The molecule has 0 amide bonds. The van der Waals surface area contributed by atoms with Gasteiger partial charge in [-0.3, -0.25) is 0 Å². The second-order valence-corrected chi connectivity index (χ2v) is 5.79. The summed E-state index contributed by atoms with van der Waals surface area (Å²) < 4.78 is 25.7. The van der Waals surface area contributed by atoms with Crippen LogP contribution in [0.3, 0.4) is 0 Å². The van der Waals surface area contributed by atoms with E-state index in [0.717, 1.165) is 4.88 Å². The molecule has 0 unspecified atom stereocenters. The minimum Gasteiger partial charge on any atom is -0.207 e. The molecule has 0 spiro atoms. The summed E-state index contributed by atoms with van der Waals surface area (Å²) in [5.41, 5.74) is 0. The molecule has 3 nitrogen and oxygen atoms in total. The van der Waals surface area contributed by atoms with E-state index in [4.69, 9.17) is 0 Å². The van der Waals surface area contributed by atoms with E-state index in [1.807, 2.05) is 6.92 Å². The van der Waals surface area contributed by atoms with E-state index in [-0.39, 0.29) is 6.54 Å². The fourth-order valence-electron chi connectivity index (χ4n) is 0.796. The highest BCUT2D eigenvalue weighted by atomic mass is 32.2. The number of rotatable bonds is 4. The highest BCUT2D eigenvalue weighted by Gasteiger charge is 2.13. The van der Waals surface area contributed by atoms with Crippen molar-refractivity contribution in [3.05, 3.63) is 29.7 Å². The largest absolute Gasteiger partial charge is 0.250 e. The van der Waals surface area contributed by atoms with Gasteiger partial charge in [-0.1, -0.05) is 6.08 Å². The van der Waals surface area contributed by atoms with Crippen molar-refractivity contribution >= 4 is 21.4 Å². The zero-order chi connectivity index (χ0) is 9.90. The van der Waals surface area contributed by atoms with Crippen LogP contribution in [0.25, 0.3) is 0 Å². The summed E-state index contributed by atoms with van der Waals surface area (Å²) in [6.45, 7) is 5.57. The fraction of sp³-hybridized carbons (Fsp3) is 0.250. The standard InChI is InChI=1S/C8H11NO2S2/c1-3-6-9-13(10,11)8-5-4-7(2)12-8/h3-5,9H,1,6H2,2H3. The molecule has 0 saturated heterocycles. The lowest BCUT2D eigenvalue weighted by atomic mass is 10.5. The van der Waals surface area contributed by atoms with Crippen molar-refractivity contribution in [3.8, 4) is 0 Å². The van der Waals surface area contributed by atoms with Crippen molar-refractivity contribution in [1.82, 2.24) is 4.72 Å². The first kappa shape index (κ1) is 10.4. The van der Waals surface area contributed by atoms with Crippen LogP contribution in [-0.2, 0) is 10.0 Å². The monoisotopic (exact) mass is 217 g/mol. The van der Waals surface area contributed by atoms with E-state index in [1.165, 1.54) is 17.4 Å². The molecular weight excluding hydrogens is 206 g/mol. The molecule has 0 aliphatic carbocycles. The van der Waals surface area contributed by atoms with Crippen molar-refractivity contribution in [1.29, 1.82) is 0 Å². The Morgan fingerprint density at radius 2 is 2.31 bits per heavy atom. The van der Waals surface area contributed by atoms with Gasteiger partial charge in [0.1, 0.15) is 4.21 Å². The third kappa shape index (κ3) is 2.65. The smallest absolute Gasteiger partial charge is 0.207 e. The molecule has 5 heteroatoms. The molecule has 1 aromatic rings. The fourth-order valence-corrected chi connectivity index (χ4v) is 3.12. The molecule has 0 aliphatic rings. The first-order valence-corrected chi connectivity index (χ1v) is 6.03. The number of hydrogen-bond donors (Lipinski definition) is 1. The van der Waals surface area contributed by atoms with Crippen LogP contribution < -0.4 is 4.72 Å². The van der Waals surface area contributed by atoms with Crippen molar-refractivity contribution < 1.29 is 8.42 Å². The van der Waals surface area contributed by atoms with E-state index < -0.39 is 10.0 Å². The van der Waals surface area contributed by atoms with E-state index >= 15 is 0 Å². The highest BCUT2D eigenvalue weighted by molar-refractivity contribution is 7.91. The van der Waals surface area contributed by atoms with Gasteiger partial charge in [0.25, 0.3) is 0 Å². The first-order valence-electron chi connectivity index (χ1n) is 3.73. The number of sulfonamides is 1. The van der Waals surface area contributed by atoms with Crippen LogP contribution in [0.15, 0.2) is 29.0 Å². The van der Waals surface area contributed by atoms with Crippen LogP contribution >= 0.6 is 11.3 Å². The van der Waals surface area contributed by atoms with Crippen molar-refractivity contribution in [2.45, 2.75) is 11.1 Å². The summed E-state index contributed by atoms with van der Waals surface area (Å²) >= 11 is 1.26. The summed E-state index contributed by atoms with van der Waals surface area (Å²) in [5.74, 6) is 0. The van der Waals surface area contributed by atoms with Crippen LogP contribution in [0, 0.1) is 6.92 Å². The van der Waals surface area contributed by atoms with E-state index in [1.54, 1.807) is 12.1 Å². The molecule has 0 radical (unpaired) electrons. The van der Waals surface area contributed by atoms with Crippen LogP contribution in [0.4, 0.5) is 0 Å². The normalized spacial score (nSPS) is 11.5. The summed E-state index contributed by atoms with van der Waals surface area (Å²) in [5, 5.41) is 0. The average molecular weight is 217 g/mol. The van der Waals surface area contributed by atoms with Gasteiger partial charge in [-0.25, -0.2) is 13.1 Å². The molecule has 13 heavy (non-hydrogen) atoms. The van der Waals surface area contributed by atoms with Crippen LogP contribution in [-0.4, -0.2) is 15.0 Å². The second-order valence-electron chi connectivity index (χ2n) is 2.51. The molecule has 0 aromatic carbocycles. The van der Waals surface area contributed by atoms with E-state index in [0.29, 0.717) is 4.21 Å². The Morgan fingerprint density at radius 1 is 1.62 bits per heavy atom. The van der Waals surface area contributed by atoms with Crippen LogP contribution in [0.5, 0.6) is 0 Å². The number of hydrogen-bond acceptors (Lipinski definition) is 3. The number of nitrogens with one attached hydrogen (secondary N) is 1. The summed E-state index contributed by atoms with van der Waals surface area (Å²) in [7, 11) is -3.30. The van der Waals surface area contributed by atoms with Gasteiger partial charge in [-0.2, -0.15) is 0 Å². The first-order chi connectivity index (χ1) is 6.06. The van der Waals surface area contributed by atoms with Gasteiger partial charge in [0, 0.05) is 11.4 Å². The van der Waals surface area contributed by atoms with Crippen LogP contribution in [0.2, 0.25) is 0 Å². The van der Waals surface area contributed by atoms with Crippen molar-refractivity contribution in [2.24, 2.45) is 0 Å². The third-order valence-electron chi connectivity index (χ3n) is 1.40. The van der Waals surface area contributed by atoms with Gasteiger partial charge in [-0.05, 0) is 19.1 Å². The zero-order valence-corrected chi connectivity index (χ0v) is 8.91. The molecule has 0 atom stereocenters. The number of thiophene rings is 1. The van der Waals surface area contributed by atoms with Crippen molar-refractivity contribution in [2.75, 3.05) is 6.54 Å². The van der Waals surface area contributed by atoms with Crippen molar-refractivity contribution in [3.63, 3.8) is 0 Å². The maximum atomic E-state index is 11.5. The van der Waals surface area contributed by atoms with Gasteiger partial charge in [0.2, 0.25) is 10.0 Å². The molecule has 72 valence electrons. The Bertz CT molecular complexity index is 392. The second kappa shape index (κ2) is 4.04. The van der Waals surface area contributed by atoms with Gasteiger partial charge in [0.05, 0.1) is 0 Å². The van der Waals surface area contributed by atoms with Gasteiger partial charge < -0.3 is 0 Å². The SMILES string of the molecule is C=CCNS(=O)(=O)c1ccc(C)s1.